The summed E-state index contributed by atoms with van der Waals surface area (Å²) in [6.07, 6.45) is 5.62. The van der Waals surface area contributed by atoms with Crippen molar-refractivity contribution in [3.8, 4) is 5.75 Å². The third-order valence-corrected chi connectivity index (χ3v) is 2.63. The van der Waals surface area contributed by atoms with Crippen molar-refractivity contribution in [3.63, 3.8) is 0 Å². The molecule has 18 heavy (non-hydrogen) atoms. The Kier molecular flexibility index (Phi) is 3.12. The molecule has 0 aliphatic heterocycles. The van der Waals surface area contributed by atoms with E-state index >= 15 is 0 Å². The second-order valence-electron chi connectivity index (χ2n) is 4.30. The van der Waals surface area contributed by atoms with E-state index in [1.54, 1.807) is 18.2 Å². The monoisotopic (exact) mass is 246 g/mol. The van der Waals surface area contributed by atoms with Crippen molar-refractivity contribution < 1.29 is 20.4 Å². The Morgan fingerprint density at radius 3 is 2.33 bits per heavy atom. The van der Waals surface area contributed by atoms with Gasteiger partial charge in [0.05, 0.1) is 5.76 Å². The zero-order valence-electron chi connectivity index (χ0n) is 9.61. The highest BCUT2D eigenvalue weighted by Crippen LogP contribution is 2.26. The Bertz CT molecular complexity index is 525. The van der Waals surface area contributed by atoms with Gasteiger partial charge in [0, 0.05) is 12.5 Å². The van der Waals surface area contributed by atoms with Gasteiger partial charge in [-0.15, -0.1) is 0 Å². The number of phenols is 1. The summed E-state index contributed by atoms with van der Waals surface area (Å²) in [5, 5.41) is 38.0. The second-order valence-corrected chi connectivity index (χ2v) is 4.30. The molecule has 2 rings (SSSR count). The summed E-state index contributed by atoms with van der Waals surface area (Å²) >= 11 is 0. The molecule has 0 saturated carbocycles. The van der Waals surface area contributed by atoms with Crippen LogP contribution in [0.4, 0.5) is 0 Å². The van der Waals surface area contributed by atoms with Crippen molar-refractivity contribution >= 4 is 6.08 Å². The molecule has 0 fully saturated rings. The van der Waals surface area contributed by atoms with E-state index in [1.807, 2.05) is 0 Å². The average molecular weight is 246 g/mol. The maximum absolute atomic E-state index is 10.2. The minimum Gasteiger partial charge on any atom is -0.512 e. The lowest BCUT2D eigenvalue weighted by atomic mass is 9.92. The zero-order valence-corrected chi connectivity index (χ0v) is 9.61. The molecular formula is C14H14O4. The van der Waals surface area contributed by atoms with Crippen LogP contribution in [0.25, 0.3) is 6.08 Å². The topological polar surface area (TPSA) is 80.9 Å². The smallest absolute Gasteiger partial charge is 0.118 e. The molecule has 4 heteroatoms. The predicted octanol–water partition coefficient (Wildman–Crippen LogP) is 2.42. The fraction of sp³-hybridized carbons (Fsp3) is 0.143. The summed E-state index contributed by atoms with van der Waals surface area (Å²) < 4.78 is 0. The zero-order chi connectivity index (χ0) is 13.2. The van der Waals surface area contributed by atoms with Gasteiger partial charge in [-0.3, -0.25) is 0 Å². The van der Waals surface area contributed by atoms with Gasteiger partial charge in [-0.2, -0.15) is 0 Å². The summed E-state index contributed by atoms with van der Waals surface area (Å²) in [5.74, 6) is -0.0777. The van der Waals surface area contributed by atoms with Crippen molar-refractivity contribution in [2.45, 2.75) is 12.0 Å². The van der Waals surface area contributed by atoms with E-state index < -0.39 is 5.60 Å². The molecular weight excluding hydrogens is 232 g/mol. The number of aliphatic hydroxyl groups excluding tert-OH is 2. The van der Waals surface area contributed by atoms with Crippen molar-refractivity contribution in [2.24, 2.45) is 0 Å². The lowest BCUT2D eigenvalue weighted by Crippen LogP contribution is -2.26. The van der Waals surface area contributed by atoms with Crippen LogP contribution in [0.1, 0.15) is 12.0 Å². The van der Waals surface area contributed by atoms with Gasteiger partial charge in [-0.1, -0.05) is 18.2 Å². The molecule has 0 spiro atoms. The summed E-state index contributed by atoms with van der Waals surface area (Å²) in [6.45, 7) is 0. The first-order chi connectivity index (χ1) is 8.47. The number of aromatic hydroxyl groups is 1. The highest BCUT2D eigenvalue weighted by Gasteiger charge is 2.26. The van der Waals surface area contributed by atoms with Crippen molar-refractivity contribution in [2.75, 3.05) is 0 Å². The van der Waals surface area contributed by atoms with Crippen molar-refractivity contribution in [1.29, 1.82) is 0 Å². The van der Waals surface area contributed by atoms with Gasteiger partial charge in [-0.25, -0.2) is 0 Å². The Labute approximate surface area is 104 Å². The maximum Gasteiger partial charge on any atom is 0.118 e. The van der Waals surface area contributed by atoms with Crippen LogP contribution in [0.5, 0.6) is 5.75 Å². The van der Waals surface area contributed by atoms with E-state index in [0.29, 0.717) is 0 Å². The lowest BCUT2D eigenvalue weighted by molar-refractivity contribution is 0.120. The van der Waals surface area contributed by atoms with Crippen LogP contribution in [0.2, 0.25) is 0 Å². The Morgan fingerprint density at radius 1 is 1.06 bits per heavy atom. The molecule has 0 aromatic heterocycles. The number of allylic oxidation sites excluding steroid dienone is 1. The number of phenolic OH excluding ortho intramolecular Hbond substituents is 1. The normalized spacial score (nSPS) is 23.8. The molecule has 0 radical (unpaired) electrons. The first-order valence-corrected chi connectivity index (χ1v) is 5.49. The molecule has 1 atom stereocenters. The first kappa shape index (κ1) is 12.3. The van der Waals surface area contributed by atoms with Gasteiger partial charge in [0.25, 0.3) is 0 Å². The molecule has 0 heterocycles. The molecule has 0 saturated heterocycles. The number of hydrogen-bond acceptors (Lipinski definition) is 4. The summed E-state index contributed by atoms with van der Waals surface area (Å²) in [5.41, 5.74) is -0.607. The summed E-state index contributed by atoms with van der Waals surface area (Å²) in [7, 11) is 0. The fourth-order valence-electron chi connectivity index (χ4n) is 1.79. The molecule has 0 amide bonds. The lowest BCUT2D eigenvalue weighted by Gasteiger charge is -2.23. The van der Waals surface area contributed by atoms with Gasteiger partial charge < -0.3 is 20.4 Å². The molecule has 1 aliphatic carbocycles. The van der Waals surface area contributed by atoms with Gasteiger partial charge in [0.1, 0.15) is 17.1 Å². The SMILES string of the molecule is OC1=CC(O)(C=Cc2ccc(O)cc2)CC(O)=C1. The van der Waals surface area contributed by atoms with Gasteiger partial charge in [0.15, 0.2) is 0 Å². The fourth-order valence-corrected chi connectivity index (χ4v) is 1.79. The number of rotatable bonds is 2. The predicted molar refractivity (Wildman–Crippen MR) is 68.1 cm³/mol. The third kappa shape index (κ3) is 2.93. The highest BCUT2D eigenvalue weighted by molar-refractivity contribution is 5.53. The molecule has 4 nitrogen and oxygen atoms in total. The average Bonchev–Trinajstić information content (AvgIpc) is 2.26. The first-order valence-electron chi connectivity index (χ1n) is 5.49. The van der Waals surface area contributed by atoms with E-state index in [1.165, 1.54) is 30.4 Å². The van der Waals surface area contributed by atoms with Crippen LogP contribution < -0.4 is 0 Å². The summed E-state index contributed by atoms with van der Waals surface area (Å²) in [6, 6.07) is 6.46. The quantitative estimate of drug-likeness (QED) is 0.646. The number of aliphatic hydroxyl groups is 3. The molecule has 1 aromatic rings. The highest BCUT2D eigenvalue weighted by atomic mass is 16.3. The summed E-state index contributed by atoms with van der Waals surface area (Å²) in [4.78, 5) is 0. The van der Waals surface area contributed by atoms with Crippen LogP contribution in [-0.2, 0) is 0 Å². The van der Waals surface area contributed by atoms with Gasteiger partial charge in [-0.05, 0) is 29.8 Å². The molecule has 4 N–H and O–H groups in total. The van der Waals surface area contributed by atoms with Crippen molar-refractivity contribution in [3.05, 3.63) is 59.6 Å². The number of hydrogen-bond donors (Lipinski definition) is 4. The molecule has 1 aromatic carbocycles. The molecule has 1 aliphatic rings. The minimum atomic E-state index is -1.40. The Hall–Kier alpha value is -2.20. The standard InChI is InChI=1S/C14H14O4/c15-11-3-1-10(2-4-11)5-6-14(18)8-12(16)7-13(17)9-14/h1-8,15-18H,9H2. The van der Waals surface area contributed by atoms with Crippen LogP contribution in [0, 0.1) is 0 Å². The van der Waals surface area contributed by atoms with Crippen molar-refractivity contribution in [1.82, 2.24) is 0 Å². The molecule has 0 bridgehead atoms. The minimum absolute atomic E-state index is 0.0195. The van der Waals surface area contributed by atoms with Crippen LogP contribution in [-0.4, -0.2) is 26.0 Å². The van der Waals surface area contributed by atoms with E-state index in [0.717, 1.165) is 5.56 Å². The Balaban J connectivity index is 2.18. The van der Waals surface area contributed by atoms with E-state index in [9.17, 15) is 15.3 Å². The second kappa shape index (κ2) is 4.58. The van der Waals surface area contributed by atoms with E-state index in [-0.39, 0.29) is 23.7 Å². The molecule has 1 unspecified atom stereocenters. The van der Waals surface area contributed by atoms with E-state index in [2.05, 4.69) is 0 Å². The van der Waals surface area contributed by atoms with Gasteiger partial charge in [0.2, 0.25) is 0 Å². The van der Waals surface area contributed by atoms with Crippen LogP contribution >= 0.6 is 0 Å². The largest absolute Gasteiger partial charge is 0.512 e. The van der Waals surface area contributed by atoms with Crippen LogP contribution in [0.3, 0.4) is 0 Å². The van der Waals surface area contributed by atoms with E-state index in [4.69, 9.17) is 5.11 Å². The third-order valence-electron chi connectivity index (χ3n) is 2.63. The molecule has 94 valence electrons. The Morgan fingerprint density at radius 2 is 1.72 bits per heavy atom. The van der Waals surface area contributed by atoms with Crippen LogP contribution in [0.15, 0.2) is 54.0 Å². The van der Waals surface area contributed by atoms with Gasteiger partial charge >= 0.3 is 0 Å². The maximum atomic E-state index is 10.2. The number of benzene rings is 1.